The second kappa shape index (κ2) is 3.92. The molecule has 1 unspecified atom stereocenters. The number of ether oxygens (including phenoxy) is 1. The van der Waals surface area contributed by atoms with Gasteiger partial charge in [0.25, 0.3) is 0 Å². The normalized spacial score (nSPS) is 27.9. The molecule has 2 atom stereocenters. The lowest BCUT2D eigenvalue weighted by Gasteiger charge is -2.29. The van der Waals surface area contributed by atoms with Crippen LogP contribution in [-0.2, 0) is 4.74 Å². The van der Waals surface area contributed by atoms with E-state index < -0.39 is 6.41 Å². The molecule has 4 heteroatoms. The molecule has 1 rings (SSSR count). The Labute approximate surface area is 79.1 Å². The average molecular weight is 189 g/mol. The molecule has 0 radical (unpaired) electrons. The lowest BCUT2D eigenvalue weighted by Crippen LogP contribution is -2.40. The fraction of sp³-hybridized carbons (Fsp3) is 1.00. The third-order valence-corrected chi connectivity index (χ3v) is 1.97. The molecule has 1 heterocycles. The summed E-state index contributed by atoms with van der Waals surface area (Å²) < 4.78 is 5.34. The predicted octanol–water partition coefficient (Wildman–Crippen LogP) is 0.144. The fourth-order valence-electron chi connectivity index (χ4n) is 1.36. The molecule has 0 saturated carbocycles. The number of hydrogen-bond donors (Lipinski definition) is 2. The zero-order valence-electron chi connectivity index (χ0n) is 8.53. The summed E-state index contributed by atoms with van der Waals surface area (Å²) in [5.41, 5.74) is -0.354. The van der Waals surface area contributed by atoms with Gasteiger partial charge in [-0.05, 0) is 27.2 Å². The molecule has 0 aromatic rings. The van der Waals surface area contributed by atoms with E-state index in [1.54, 1.807) is 4.90 Å². The van der Waals surface area contributed by atoms with Crippen LogP contribution in [0.4, 0.5) is 0 Å². The number of β-amino-alcohol motifs (C(OH)–C–C–N with tert-alkyl or cyclic N) is 1. The first-order valence-electron chi connectivity index (χ1n) is 4.66. The molecule has 1 fully saturated rings. The van der Waals surface area contributed by atoms with Crippen molar-refractivity contribution >= 4 is 0 Å². The maximum atomic E-state index is 9.59. The molecule has 4 nitrogen and oxygen atoms in total. The van der Waals surface area contributed by atoms with Gasteiger partial charge in [-0.15, -0.1) is 0 Å². The van der Waals surface area contributed by atoms with Crippen LogP contribution in [0.1, 0.15) is 27.2 Å². The van der Waals surface area contributed by atoms with Gasteiger partial charge < -0.3 is 14.9 Å². The minimum atomic E-state index is -0.892. The van der Waals surface area contributed by atoms with E-state index in [0.29, 0.717) is 19.5 Å². The van der Waals surface area contributed by atoms with Crippen LogP contribution in [-0.4, -0.2) is 46.3 Å². The molecular weight excluding hydrogens is 170 g/mol. The summed E-state index contributed by atoms with van der Waals surface area (Å²) >= 11 is 0. The van der Waals surface area contributed by atoms with Gasteiger partial charge in [0, 0.05) is 13.1 Å². The Kier molecular flexibility index (Phi) is 3.29. The van der Waals surface area contributed by atoms with Gasteiger partial charge >= 0.3 is 0 Å². The van der Waals surface area contributed by atoms with Crippen molar-refractivity contribution in [2.45, 2.75) is 45.3 Å². The second-order valence-electron chi connectivity index (χ2n) is 4.49. The maximum absolute atomic E-state index is 9.59. The number of hydrogen-bond acceptors (Lipinski definition) is 4. The van der Waals surface area contributed by atoms with Gasteiger partial charge in [-0.25, -0.2) is 0 Å². The maximum Gasteiger partial charge on any atom is 0.216 e. The molecular formula is C9H19NO3. The molecule has 0 aromatic carbocycles. The van der Waals surface area contributed by atoms with Crippen molar-refractivity contribution in [3.05, 3.63) is 0 Å². The van der Waals surface area contributed by atoms with Crippen molar-refractivity contribution in [2.24, 2.45) is 0 Å². The van der Waals surface area contributed by atoms with Gasteiger partial charge in [0.2, 0.25) is 6.41 Å². The first-order chi connectivity index (χ1) is 5.88. The number of aliphatic hydroxyl groups excluding tert-OH is 2. The molecule has 78 valence electrons. The lowest BCUT2D eigenvalue weighted by atomic mass is 10.2. The Morgan fingerprint density at radius 3 is 2.46 bits per heavy atom. The van der Waals surface area contributed by atoms with Gasteiger partial charge in [0.1, 0.15) is 0 Å². The first-order valence-corrected chi connectivity index (χ1v) is 4.66. The highest BCUT2D eigenvalue weighted by molar-refractivity contribution is 4.74. The quantitative estimate of drug-likeness (QED) is 0.607. The van der Waals surface area contributed by atoms with E-state index in [0.717, 1.165) is 0 Å². The van der Waals surface area contributed by atoms with Gasteiger partial charge in [0.15, 0.2) is 0 Å². The minimum Gasteiger partial charge on any atom is -0.392 e. The van der Waals surface area contributed by atoms with E-state index in [2.05, 4.69) is 0 Å². The summed E-state index contributed by atoms with van der Waals surface area (Å²) in [4.78, 5) is 1.73. The van der Waals surface area contributed by atoms with E-state index in [4.69, 9.17) is 4.74 Å². The van der Waals surface area contributed by atoms with Crippen molar-refractivity contribution in [2.75, 3.05) is 13.1 Å². The van der Waals surface area contributed by atoms with E-state index in [1.165, 1.54) is 0 Å². The van der Waals surface area contributed by atoms with Gasteiger partial charge in [0.05, 0.1) is 11.7 Å². The largest absolute Gasteiger partial charge is 0.392 e. The van der Waals surface area contributed by atoms with Crippen LogP contribution in [0.25, 0.3) is 0 Å². The Hall–Kier alpha value is -0.160. The number of nitrogens with zero attached hydrogens (tertiary/aromatic N) is 1. The summed E-state index contributed by atoms with van der Waals surface area (Å²) in [6, 6.07) is 0. The predicted molar refractivity (Wildman–Crippen MR) is 49.0 cm³/mol. The van der Waals surface area contributed by atoms with E-state index in [-0.39, 0.29) is 11.7 Å². The van der Waals surface area contributed by atoms with Crippen LogP contribution >= 0.6 is 0 Å². The third kappa shape index (κ3) is 3.60. The van der Waals surface area contributed by atoms with Crippen molar-refractivity contribution in [1.82, 2.24) is 4.90 Å². The molecule has 1 saturated heterocycles. The van der Waals surface area contributed by atoms with Crippen LogP contribution in [0.15, 0.2) is 0 Å². The van der Waals surface area contributed by atoms with Crippen molar-refractivity contribution in [1.29, 1.82) is 0 Å². The van der Waals surface area contributed by atoms with Crippen LogP contribution in [0.2, 0.25) is 0 Å². The minimum absolute atomic E-state index is 0.321. The summed E-state index contributed by atoms with van der Waals surface area (Å²) in [5, 5.41) is 18.8. The highest BCUT2D eigenvalue weighted by atomic mass is 16.6. The van der Waals surface area contributed by atoms with Crippen LogP contribution in [0.3, 0.4) is 0 Å². The van der Waals surface area contributed by atoms with Gasteiger partial charge in [-0.2, -0.15) is 0 Å². The lowest BCUT2D eigenvalue weighted by molar-refractivity contribution is -0.235. The molecule has 0 spiro atoms. The van der Waals surface area contributed by atoms with Gasteiger partial charge in [-0.1, -0.05) is 0 Å². The molecule has 0 aromatic heterocycles. The SMILES string of the molecule is CC(C)(C)O[C@@H](O)N1CCC(O)C1. The van der Waals surface area contributed by atoms with Crippen LogP contribution in [0.5, 0.6) is 0 Å². The number of likely N-dealkylation sites (tertiary alicyclic amines) is 1. The molecule has 0 aliphatic carbocycles. The zero-order valence-corrected chi connectivity index (χ0v) is 8.53. The zero-order chi connectivity index (χ0) is 10.1. The highest BCUT2D eigenvalue weighted by Crippen LogP contribution is 2.16. The highest BCUT2D eigenvalue weighted by Gasteiger charge is 2.28. The topological polar surface area (TPSA) is 52.9 Å². The summed E-state index contributed by atoms with van der Waals surface area (Å²) in [6.45, 7) is 6.86. The van der Waals surface area contributed by atoms with Crippen molar-refractivity contribution in [3.8, 4) is 0 Å². The van der Waals surface area contributed by atoms with Crippen molar-refractivity contribution < 1.29 is 14.9 Å². The fourth-order valence-corrected chi connectivity index (χ4v) is 1.36. The number of aliphatic hydroxyl groups is 2. The van der Waals surface area contributed by atoms with E-state index in [9.17, 15) is 10.2 Å². The van der Waals surface area contributed by atoms with E-state index >= 15 is 0 Å². The molecule has 2 N–H and O–H groups in total. The Morgan fingerprint density at radius 2 is 2.08 bits per heavy atom. The molecule has 1 aliphatic heterocycles. The van der Waals surface area contributed by atoms with Crippen LogP contribution < -0.4 is 0 Å². The standard InChI is InChI=1S/C9H19NO3/c1-9(2,3)13-8(12)10-5-4-7(11)6-10/h7-8,11-12H,4-6H2,1-3H3/t7?,8-/m1/s1. The first kappa shape index (κ1) is 10.9. The molecule has 13 heavy (non-hydrogen) atoms. The molecule has 1 aliphatic rings. The molecule has 0 amide bonds. The summed E-state index contributed by atoms with van der Waals surface area (Å²) in [6.07, 6.45) is -0.500. The third-order valence-electron chi connectivity index (χ3n) is 1.97. The monoisotopic (exact) mass is 189 g/mol. The van der Waals surface area contributed by atoms with Gasteiger partial charge in [-0.3, -0.25) is 4.90 Å². The Balaban J connectivity index is 2.36. The Morgan fingerprint density at radius 1 is 1.46 bits per heavy atom. The Bertz CT molecular complexity index is 167. The second-order valence-corrected chi connectivity index (χ2v) is 4.49. The average Bonchev–Trinajstić information content (AvgIpc) is 2.31. The smallest absolute Gasteiger partial charge is 0.216 e. The van der Waals surface area contributed by atoms with Crippen molar-refractivity contribution in [3.63, 3.8) is 0 Å². The van der Waals surface area contributed by atoms with E-state index in [1.807, 2.05) is 20.8 Å². The number of rotatable bonds is 2. The summed E-state index contributed by atoms with van der Waals surface area (Å²) in [5.74, 6) is 0. The molecule has 0 bridgehead atoms. The van der Waals surface area contributed by atoms with Crippen LogP contribution in [0, 0.1) is 0 Å². The summed E-state index contributed by atoms with van der Waals surface area (Å²) in [7, 11) is 0.